The van der Waals surface area contributed by atoms with Crippen molar-refractivity contribution >= 4 is 43.5 Å². The molecule has 0 spiro atoms. The third-order valence-corrected chi connectivity index (χ3v) is 4.78. The summed E-state index contributed by atoms with van der Waals surface area (Å²) in [4.78, 5) is 14.0. The lowest BCUT2D eigenvalue weighted by Crippen LogP contribution is -2.22. The molecule has 118 valence electrons. The quantitative estimate of drug-likeness (QED) is 0.499. The molecule has 0 unspecified atom stereocenters. The number of fused-ring (bicyclic) bond motifs is 1. The number of carbonyl (C=O) groups excluding carboxylic acids is 1. The zero-order valence-corrected chi connectivity index (χ0v) is 12.6. The summed E-state index contributed by atoms with van der Waals surface area (Å²) in [6.07, 6.45) is 2.36. The van der Waals surface area contributed by atoms with Crippen LogP contribution in [0.4, 0.5) is 5.69 Å². The highest BCUT2D eigenvalue weighted by atomic mass is 32.2. The fraction of sp³-hybridized carbons (Fsp3) is 0.0909. The molecule has 22 heavy (non-hydrogen) atoms. The lowest BCUT2D eigenvalue weighted by Gasteiger charge is -2.18. The van der Waals surface area contributed by atoms with Crippen LogP contribution >= 0.6 is 0 Å². The molecular weight excluding hydrogens is 336 g/mol. The van der Waals surface area contributed by atoms with Gasteiger partial charge in [-0.05, 0) is 12.1 Å². The third kappa shape index (κ3) is 2.54. The summed E-state index contributed by atoms with van der Waals surface area (Å²) in [6, 6.07) is 0.491. The number of carbonyl (C=O) groups is 1. The van der Waals surface area contributed by atoms with Gasteiger partial charge in [-0.2, -0.15) is 16.8 Å². The number of nitrogens with two attached hydrogens (primary N) is 1. The number of rotatable bonds is 2. The van der Waals surface area contributed by atoms with Gasteiger partial charge in [-0.15, -0.1) is 0 Å². The van der Waals surface area contributed by atoms with Gasteiger partial charge in [-0.1, -0.05) is 6.08 Å². The average molecular weight is 346 g/mol. The standard InChI is InChI=1S/C11H10N2O7S2/c1-13-6-3-2-5-7(21(15,16)17)4-8(22(18,19)20)10(12)9(5)11(6)14/h2-4H,12H2,1H3,(H,15,16,17)(H,18,19,20)/b13-6+. The number of nitrogens with zero attached hydrogens (tertiary/aromatic N) is 1. The number of allylic oxidation sites excluding steroid dienone is 1. The summed E-state index contributed by atoms with van der Waals surface area (Å²) < 4.78 is 63.8. The topological polar surface area (TPSA) is 164 Å². The molecule has 0 aliphatic heterocycles. The normalized spacial score (nSPS) is 16.9. The fourth-order valence-corrected chi connectivity index (χ4v) is 3.48. The molecule has 0 radical (unpaired) electrons. The minimum absolute atomic E-state index is 0.0898. The van der Waals surface area contributed by atoms with Crippen LogP contribution < -0.4 is 5.73 Å². The van der Waals surface area contributed by atoms with Gasteiger partial charge < -0.3 is 5.73 Å². The number of Topliss-reactive ketones (excluding diaryl/α,β-unsaturated/α-hetero) is 1. The highest BCUT2D eigenvalue weighted by Gasteiger charge is 2.32. The second-order valence-corrected chi connectivity index (χ2v) is 7.08. The molecule has 1 aromatic rings. The summed E-state index contributed by atoms with van der Waals surface area (Å²) in [5.74, 6) is -0.826. The molecule has 11 heteroatoms. The minimum atomic E-state index is -4.91. The van der Waals surface area contributed by atoms with E-state index in [9.17, 15) is 26.2 Å². The molecule has 0 amide bonds. The van der Waals surface area contributed by atoms with Crippen LogP contribution in [0.5, 0.6) is 0 Å². The van der Waals surface area contributed by atoms with Crippen molar-refractivity contribution in [2.75, 3.05) is 12.8 Å². The number of nitrogen functional groups attached to an aromatic ring is 1. The number of hydrogen-bond acceptors (Lipinski definition) is 7. The van der Waals surface area contributed by atoms with E-state index in [2.05, 4.69) is 4.99 Å². The smallest absolute Gasteiger partial charge is 0.296 e. The van der Waals surface area contributed by atoms with Crippen LogP contribution in [0, 0.1) is 0 Å². The zero-order chi connectivity index (χ0) is 16.9. The van der Waals surface area contributed by atoms with Crippen molar-refractivity contribution < 1.29 is 30.7 Å². The Morgan fingerprint density at radius 1 is 1.05 bits per heavy atom. The van der Waals surface area contributed by atoms with E-state index in [1.807, 2.05) is 0 Å². The Morgan fingerprint density at radius 2 is 1.59 bits per heavy atom. The summed E-state index contributed by atoms with van der Waals surface area (Å²) >= 11 is 0. The van der Waals surface area contributed by atoms with Crippen LogP contribution in [0.3, 0.4) is 0 Å². The predicted molar refractivity (Wildman–Crippen MR) is 77.2 cm³/mol. The van der Waals surface area contributed by atoms with Crippen molar-refractivity contribution in [1.82, 2.24) is 0 Å². The molecule has 2 rings (SSSR count). The van der Waals surface area contributed by atoms with Gasteiger partial charge in [-0.25, -0.2) is 0 Å². The highest BCUT2D eigenvalue weighted by molar-refractivity contribution is 7.86. The van der Waals surface area contributed by atoms with Gasteiger partial charge in [0.1, 0.15) is 15.5 Å². The predicted octanol–water partition coefficient (Wildman–Crippen LogP) is 0.0425. The van der Waals surface area contributed by atoms with Crippen LogP contribution in [0.2, 0.25) is 0 Å². The Kier molecular flexibility index (Phi) is 3.69. The van der Waals surface area contributed by atoms with E-state index in [0.29, 0.717) is 6.07 Å². The molecule has 0 heterocycles. The van der Waals surface area contributed by atoms with Crippen LogP contribution in [-0.2, 0) is 20.2 Å². The van der Waals surface area contributed by atoms with E-state index in [4.69, 9.17) is 10.3 Å². The molecule has 0 saturated heterocycles. The summed E-state index contributed by atoms with van der Waals surface area (Å²) in [7, 11) is -8.48. The molecule has 1 aromatic carbocycles. The molecule has 0 saturated carbocycles. The Bertz CT molecular complexity index is 957. The van der Waals surface area contributed by atoms with Crippen molar-refractivity contribution in [3.63, 3.8) is 0 Å². The molecule has 4 N–H and O–H groups in total. The number of benzene rings is 1. The Labute approximate surface area is 125 Å². The van der Waals surface area contributed by atoms with Gasteiger partial charge in [-0.3, -0.25) is 18.9 Å². The molecule has 0 fully saturated rings. The van der Waals surface area contributed by atoms with Gasteiger partial charge in [0, 0.05) is 12.6 Å². The lowest BCUT2D eigenvalue weighted by molar-refractivity contribution is 0.106. The van der Waals surface area contributed by atoms with Crippen molar-refractivity contribution in [2.24, 2.45) is 4.99 Å². The average Bonchev–Trinajstić information content (AvgIpc) is 2.36. The van der Waals surface area contributed by atoms with E-state index in [-0.39, 0.29) is 11.3 Å². The summed E-state index contributed by atoms with van der Waals surface area (Å²) in [6.45, 7) is 0. The number of anilines is 1. The van der Waals surface area contributed by atoms with Gasteiger partial charge in [0.2, 0.25) is 5.78 Å². The minimum Gasteiger partial charge on any atom is -0.397 e. The van der Waals surface area contributed by atoms with E-state index in [1.54, 1.807) is 0 Å². The van der Waals surface area contributed by atoms with E-state index < -0.39 is 47.1 Å². The van der Waals surface area contributed by atoms with Gasteiger partial charge in [0.25, 0.3) is 20.2 Å². The van der Waals surface area contributed by atoms with Crippen LogP contribution in [0.25, 0.3) is 6.08 Å². The highest BCUT2D eigenvalue weighted by Crippen LogP contribution is 2.35. The second-order valence-electron chi connectivity index (χ2n) is 4.30. The summed E-state index contributed by atoms with van der Waals surface area (Å²) in [5, 5.41) is 0. The van der Waals surface area contributed by atoms with Crippen molar-refractivity contribution in [3.8, 4) is 0 Å². The number of aliphatic imine (C=N–C) groups is 1. The monoisotopic (exact) mass is 346 g/mol. The SMILES string of the molecule is C/N=C1\C=Cc2c(S(=O)(=O)O)cc(S(=O)(=O)O)c(N)c2C1=O. The Morgan fingerprint density at radius 3 is 2.05 bits per heavy atom. The van der Waals surface area contributed by atoms with Crippen molar-refractivity contribution in [1.29, 1.82) is 0 Å². The van der Waals surface area contributed by atoms with E-state index >= 15 is 0 Å². The maximum atomic E-state index is 12.2. The zero-order valence-electron chi connectivity index (χ0n) is 11.0. The van der Waals surface area contributed by atoms with Crippen molar-refractivity contribution in [3.05, 3.63) is 23.3 Å². The molecule has 0 bridgehead atoms. The molecule has 1 aliphatic carbocycles. The first-order chi connectivity index (χ1) is 9.98. The second kappa shape index (κ2) is 4.98. The largest absolute Gasteiger partial charge is 0.397 e. The van der Waals surface area contributed by atoms with E-state index in [0.717, 1.165) is 6.08 Å². The summed E-state index contributed by atoms with van der Waals surface area (Å²) in [5.41, 5.74) is 4.13. The van der Waals surface area contributed by atoms with Crippen LogP contribution in [0.15, 0.2) is 26.9 Å². The molecular formula is C11H10N2O7S2. The van der Waals surface area contributed by atoms with Gasteiger partial charge >= 0.3 is 0 Å². The van der Waals surface area contributed by atoms with Gasteiger partial charge in [0.15, 0.2) is 0 Å². The molecule has 0 atom stereocenters. The molecule has 0 aromatic heterocycles. The Hall–Kier alpha value is -2.08. The maximum Gasteiger partial charge on any atom is 0.296 e. The first-order valence-electron chi connectivity index (χ1n) is 5.59. The Balaban J connectivity index is 3.05. The van der Waals surface area contributed by atoms with Crippen molar-refractivity contribution in [2.45, 2.75) is 9.79 Å². The fourth-order valence-electron chi connectivity index (χ4n) is 2.05. The van der Waals surface area contributed by atoms with E-state index in [1.165, 1.54) is 13.1 Å². The maximum absolute atomic E-state index is 12.2. The van der Waals surface area contributed by atoms with Crippen LogP contribution in [0.1, 0.15) is 15.9 Å². The van der Waals surface area contributed by atoms with Crippen LogP contribution in [-0.4, -0.2) is 44.5 Å². The molecule has 1 aliphatic rings. The lowest BCUT2D eigenvalue weighted by atomic mass is 9.93. The van der Waals surface area contributed by atoms with Gasteiger partial charge in [0.05, 0.1) is 11.3 Å². The first kappa shape index (κ1) is 16.3. The number of hydrogen-bond donors (Lipinski definition) is 3. The molecule has 9 nitrogen and oxygen atoms in total. The number of ketones is 1. The third-order valence-electron chi connectivity index (χ3n) is 3.00. The first-order valence-corrected chi connectivity index (χ1v) is 8.47.